The highest BCUT2D eigenvalue weighted by atomic mass is 19.1. The number of aromatic nitrogens is 2. The number of carbonyl (C=O) groups excluding carboxylic acids is 1. The molecule has 1 aliphatic heterocycles. The highest BCUT2D eigenvalue weighted by Crippen LogP contribution is 2.21. The number of benzene rings is 2. The van der Waals surface area contributed by atoms with E-state index in [1.807, 2.05) is 43.0 Å². The number of carbonyl (C=O) groups is 1. The summed E-state index contributed by atoms with van der Waals surface area (Å²) in [7, 11) is 1.64. The van der Waals surface area contributed by atoms with Crippen LogP contribution < -0.4 is 9.47 Å². The van der Waals surface area contributed by atoms with E-state index >= 15 is 0 Å². The first-order valence-corrected chi connectivity index (χ1v) is 11.1. The summed E-state index contributed by atoms with van der Waals surface area (Å²) in [5.41, 5.74) is 2.80. The molecule has 1 aromatic heterocycles. The molecular formula is C25H29FN4O3. The minimum atomic E-state index is -0.302. The van der Waals surface area contributed by atoms with Crippen LogP contribution in [-0.4, -0.2) is 71.9 Å². The van der Waals surface area contributed by atoms with Crippen LogP contribution in [0.25, 0.3) is 5.69 Å². The van der Waals surface area contributed by atoms with Gasteiger partial charge in [0.2, 0.25) is 0 Å². The molecule has 4 rings (SSSR count). The van der Waals surface area contributed by atoms with Crippen LogP contribution in [0.3, 0.4) is 0 Å². The molecule has 0 unspecified atom stereocenters. The SMILES string of the molecule is COc1ccc(OCCN2CCN(C(=O)c3c(C)nn(-c4ccc(F)cc4)c3C)CC2)cc1. The number of hydrogen-bond acceptors (Lipinski definition) is 5. The lowest BCUT2D eigenvalue weighted by atomic mass is 10.1. The minimum Gasteiger partial charge on any atom is -0.497 e. The molecule has 33 heavy (non-hydrogen) atoms. The predicted octanol–water partition coefficient (Wildman–Crippen LogP) is 3.47. The fourth-order valence-corrected chi connectivity index (χ4v) is 4.08. The molecule has 1 amide bonds. The topological polar surface area (TPSA) is 59.8 Å². The molecule has 1 saturated heterocycles. The van der Waals surface area contributed by atoms with E-state index in [0.717, 1.165) is 42.5 Å². The molecule has 0 bridgehead atoms. The van der Waals surface area contributed by atoms with Crippen LogP contribution >= 0.6 is 0 Å². The fourth-order valence-electron chi connectivity index (χ4n) is 4.08. The van der Waals surface area contributed by atoms with E-state index in [2.05, 4.69) is 10.00 Å². The van der Waals surface area contributed by atoms with Gasteiger partial charge in [-0.3, -0.25) is 9.69 Å². The van der Waals surface area contributed by atoms with E-state index in [0.29, 0.717) is 31.0 Å². The summed E-state index contributed by atoms with van der Waals surface area (Å²) in [6.07, 6.45) is 0. The van der Waals surface area contributed by atoms with E-state index in [9.17, 15) is 9.18 Å². The minimum absolute atomic E-state index is 0.00695. The van der Waals surface area contributed by atoms with Gasteiger partial charge in [0.05, 0.1) is 29.7 Å². The molecule has 0 aliphatic carbocycles. The van der Waals surface area contributed by atoms with Gasteiger partial charge < -0.3 is 14.4 Å². The van der Waals surface area contributed by atoms with Crippen molar-refractivity contribution in [2.45, 2.75) is 13.8 Å². The first-order chi connectivity index (χ1) is 16.0. The van der Waals surface area contributed by atoms with E-state index < -0.39 is 0 Å². The average Bonchev–Trinajstić information content (AvgIpc) is 3.13. The van der Waals surface area contributed by atoms with Crippen LogP contribution in [0.4, 0.5) is 4.39 Å². The van der Waals surface area contributed by atoms with Gasteiger partial charge in [-0.25, -0.2) is 9.07 Å². The standard InChI is InChI=1S/C25H29FN4O3/c1-18-24(19(2)30(27-18)21-6-4-20(26)5-7-21)25(31)29-14-12-28(13-15-29)16-17-33-23-10-8-22(32-3)9-11-23/h4-11H,12-17H2,1-3H3. The van der Waals surface area contributed by atoms with Crippen molar-refractivity contribution in [3.63, 3.8) is 0 Å². The number of nitrogens with zero attached hydrogens (tertiary/aromatic N) is 4. The van der Waals surface area contributed by atoms with Crippen molar-refractivity contribution in [2.75, 3.05) is 46.4 Å². The Labute approximate surface area is 193 Å². The van der Waals surface area contributed by atoms with Crippen LogP contribution in [0, 0.1) is 19.7 Å². The van der Waals surface area contributed by atoms with Crippen molar-refractivity contribution >= 4 is 5.91 Å². The molecule has 8 heteroatoms. The Morgan fingerprint density at radius 2 is 1.61 bits per heavy atom. The molecule has 2 heterocycles. The third-order valence-electron chi connectivity index (χ3n) is 5.97. The number of hydrogen-bond donors (Lipinski definition) is 0. The second kappa shape index (κ2) is 10.0. The smallest absolute Gasteiger partial charge is 0.257 e. The summed E-state index contributed by atoms with van der Waals surface area (Å²) in [4.78, 5) is 17.4. The zero-order valence-electron chi connectivity index (χ0n) is 19.3. The quantitative estimate of drug-likeness (QED) is 0.549. The zero-order valence-corrected chi connectivity index (χ0v) is 19.3. The maximum absolute atomic E-state index is 13.3. The number of rotatable bonds is 7. The highest BCUT2D eigenvalue weighted by molar-refractivity contribution is 5.96. The van der Waals surface area contributed by atoms with Gasteiger partial charge in [-0.1, -0.05) is 0 Å². The highest BCUT2D eigenvalue weighted by Gasteiger charge is 2.27. The normalized spacial score (nSPS) is 14.4. The van der Waals surface area contributed by atoms with E-state index in [-0.39, 0.29) is 11.7 Å². The van der Waals surface area contributed by atoms with Crippen molar-refractivity contribution < 1.29 is 18.7 Å². The van der Waals surface area contributed by atoms with Gasteiger partial charge in [-0.15, -0.1) is 0 Å². The Morgan fingerprint density at radius 3 is 2.24 bits per heavy atom. The van der Waals surface area contributed by atoms with Gasteiger partial charge in [0.25, 0.3) is 5.91 Å². The summed E-state index contributed by atoms with van der Waals surface area (Å²) in [5, 5.41) is 4.53. The van der Waals surface area contributed by atoms with Crippen LogP contribution in [0.2, 0.25) is 0 Å². The Morgan fingerprint density at radius 1 is 0.970 bits per heavy atom. The van der Waals surface area contributed by atoms with Gasteiger partial charge >= 0.3 is 0 Å². The molecule has 0 radical (unpaired) electrons. The average molecular weight is 453 g/mol. The Balaban J connectivity index is 1.31. The lowest BCUT2D eigenvalue weighted by Gasteiger charge is -2.34. The molecule has 7 nitrogen and oxygen atoms in total. The lowest BCUT2D eigenvalue weighted by Crippen LogP contribution is -2.49. The summed E-state index contributed by atoms with van der Waals surface area (Å²) in [5.74, 6) is 1.31. The van der Waals surface area contributed by atoms with Crippen molar-refractivity contribution in [1.29, 1.82) is 0 Å². The molecule has 0 spiro atoms. The molecule has 1 fully saturated rings. The molecule has 2 aromatic carbocycles. The second-order valence-corrected chi connectivity index (χ2v) is 8.09. The molecular weight excluding hydrogens is 423 g/mol. The fraction of sp³-hybridized carbons (Fsp3) is 0.360. The first kappa shape index (κ1) is 22.8. The third-order valence-corrected chi connectivity index (χ3v) is 5.97. The number of amides is 1. The van der Waals surface area contributed by atoms with Gasteiger partial charge in [0.15, 0.2) is 0 Å². The van der Waals surface area contributed by atoms with Crippen molar-refractivity contribution in [3.8, 4) is 17.2 Å². The van der Waals surface area contributed by atoms with E-state index in [4.69, 9.17) is 9.47 Å². The second-order valence-electron chi connectivity index (χ2n) is 8.09. The summed E-state index contributed by atoms with van der Waals surface area (Å²) < 4.78 is 26.0. The molecule has 1 aliphatic rings. The van der Waals surface area contributed by atoms with Crippen LogP contribution in [0.5, 0.6) is 11.5 Å². The summed E-state index contributed by atoms with van der Waals surface area (Å²) >= 11 is 0. The van der Waals surface area contributed by atoms with Gasteiger partial charge in [0.1, 0.15) is 23.9 Å². The molecule has 0 N–H and O–H groups in total. The summed E-state index contributed by atoms with van der Waals surface area (Å²) in [6.45, 7) is 8.00. The van der Waals surface area contributed by atoms with Crippen molar-refractivity contribution in [1.82, 2.24) is 19.6 Å². The maximum Gasteiger partial charge on any atom is 0.257 e. The Bertz CT molecular complexity index is 1090. The number of methoxy groups -OCH3 is 1. The van der Waals surface area contributed by atoms with Crippen LogP contribution in [0.15, 0.2) is 48.5 Å². The number of piperazine rings is 1. The summed E-state index contributed by atoms with van der Waals surface area (Å²) in [6, 6.07) is 13.7. The number of aryl methyl sites for hydroxylation is 1. The van der Waals surface area contributed by atoms with Crippen molar-refractivity contribution in [3.05, 3.63) is 71.3 Å². The lowest BCUT2D eigenvalue weighted by molar-refractivity contribution is 0.0619. The van der Waals surface area contributed by atoms with Crippen molar-refractivity contribution in [2.24, 2.45) is 0 Å². The van der Waals surface area contributed by atoms with E-state index in [1.54, 1.807) is 23.9 Å². The number of ether oxygens (including phenoxy) is 2. The van der Waals surface area contributed by atoms with E-state index in [1.165, 1.54) is 12.1 Å². The Kier molecular flexibility index (Phi) is 6.93. The zero-order chi connectivity index (χ0) is 23.4. The number of halogens is 1. The Hall–Kier alpha value is -3.39. The largest absolute Gasteiger partial charge is 0.497 e. The molecule has 174 valence electrons. The molecule has 3 aromatic rings. The maximum atomic E-state index is 13.3. The van der Waals surface area contributed by atoms with Gasteiger partial charge in [0, 0.05) is 32.7 Å². The third kappa shape index (κ3) is 5.17. The van der Waals surface area contributed by atoms with Gasteiger partial charge in [-0.05, 0) is 62.4 Å². The van der Waals surface area contributed by atoms with Gasteiger partial charge in [-0.2, -0.15) is 5.10 Å². The van der Waals surface area contributed by atoms with Crippen LogP contribution in [0.1, 0.15) is 21.7 Å². The predicted molar refractivity (Wildman–Crippen MR) is 124 cm³/mol. The molecule has 0 atom stereocenters. The molecule has 0 saturated carbocycles. The van der Waals surface area contributed by atoms with Crippen LogP contribution in [-0.2, 0) is 0 Å². The first-order valence-electron chi connectivity index (χ1n) is 11.1. The monoisotopic (exact) mass is 452 g/mol.